The minimum atomic E-state index is -0.787. The monoisotopic (exact) mass is 465 g/mol. The van der Waals surface area contributed by atoms with E-state index in [2.05, 4.69) is 20.5 Å². The van der Waals surface area contributed by atoms with Gasteiger partial charge in [-0.1, -0.05) is 23.8 Å². The molecule has 0 amide bonds. The first kappa shape index (κ1) is 24.1. The highest BCUT2D eigenvalue weighted by Gasteiger charge is 2.33. The standard InChI is InChI=1S/C27H35N3O4/c1-21-4-7-24(8-5-21)34-20-27(31)10-13-29(14-11-27)19-23-6-9-25(26(18-23)32-3)33-17-16-30-15-12-28-22(30)2/h4-9,12,15,18,31H,10-11,13-14,16-17,19-20H2,1-3H3. The molecule has 0 unspecified atom stereocenters. The number of hydrogen-bond acceptors (Lipinski definition) is 6. The van der Waals surface area contributed by atoms with Crippen molar-refractivity contribution in [2.24, 2.45) is 0 Å². The third kappa shape index (κ3) is 6.30. The summed E-state index contributed by atoms with van der Waals surface area (Å²) in [4.78, 5) is 6.59. The van der Waals surface area contributed by atoms with Gasteiger partial charge in [-0.2, -0.15) is 0 Å². The number of hydrogen-bond donors (Lipinski definition) is 1. The maximum Gasteiger partial charge on any atom is 0.161 e. The molecule has 1 saturated heterocycles. The molecule has 34 heavy (non-hydrogen) atoms. The zero-order valence-electron chi connectivity index (χ0n) is 20.4. The Morgan fingerprint density at radius 1 is 1.00 bits per heavy atom. The molecule has 0 bridgehead atoms. The molecule has 2 heterocycles. The largest absolute Gasteiger partial charge is 0.493 e. The van der Waals surface area contributed by atoms with Gasteiger partial charge in [-0.15, -0.1) is 0 Å². The van der Waals surface area contributed by atoms with Crippen LogP contribution in [0.25, 0.3) is 0 Å². The van der Waals surface area contributed by atoms with E-state index in [1.807, 2.05) is 56.4 Å². The number of nitrogens with zero attached hydrogens (tertiary/aromatic N) is 3. The Kier molecular flexibility index (Phi) is 7.75. The second kappa shape index (κ2) is 10.9. The summed E-state index contributed by atoms with van der Waals surface area (Å²) in [7, 11) is 1.67. The Morgan fingerprint density at radius 3 is 2.44 bits per heavy atom. The zero-order valence-corrected chi connectivity index (χ0v) is 20.4. The molecule has 182 valence electrons. The number of likely N-dealkylation sites (tertiary alicyclic amines) is 1. The number of ether oxygens (including phenoxy) is 3. The summed E-state index contributed by atoms with van der Waals surface area (Å²) >= 11 is 0. The van der Waals surface area contributed by atoms with Gasteiger partial charge >= 0.3 is 0 Å². The second-order valence-electron chi connectivity index (χ2n) is 9.10. The molecular formula is C27H35N3O4. The van der Waals surface area contributed by atoms with Crippen LogP contribution in [-0.4, -0.2) is 58.6 Å². The minimum absolute atomic E-state index is 0.322. The lowest BCUT2D eigenvalue weighted by Gasteiger charge is -2.38. The summed E-state index contributed by atoms with van der Waals surface area (Å²) in [5, 5.41) is 11.0. The van der Waals surface area contributed by atoms with Crippen LogP contribution in [0.1, 0.15) is 29.8 Å². The summed E-state index contributed by atoms with van der Waals surface area (Å²) in [6.45, 7) is 8.07. The first-order chi connectivity index (χ1) is 16.4. The van der Waals surface area contributed by atoms with E-state index < -0.39 is 5.60 Å². The van der Waals surface area contributed by atoms with E-state index in [9.17, 15) is 5.11 Å². The molecule has 1 aliphatic rings. The van der Waals surface area contributed by atoms with Crippen molar-refractivity contribution in [2.75, 3.05) is 33.4 Å². The molecule has 4 rings (SSSR count). The van der Waals surface area contributed by atoms with Gasteiger partial charge in [0.1, 0.15) is 30.4 Å². The zero-order chi connectivity index (χ0) is 24.0. The van der Waals surface area contributed by atoms with Crippen LogP contribution in [0.5, 0.6) is 17.2 Å². The predicted molar refractivity (Wildman–Crippen MR) is 132 cm³/mol. The van der Waals surface area contributed by atoms with E-state index in [1.54, 1.807) is 13.3 Å². The fraction of sp³-hybridized carbons (Fsp3) is 0.444. The molecule has 1 aliphatic heterocycles. The highest BCUT2D eigenvalue weighted by molar-refractivity contribution is 5.43. The average molecular weight is 466 g/mol. The Balaban J connectivity index is 1.25. The third-order valence-electron chi connectivity index (χ3n) is 6.46. The van der Waals surface area contributed by atoms with Crippen molar-refractivity contribution in [3.63, 3.8) is 0 Å². The third-order valence-corrected chi connectivity index (χ3v) is 6.46. The molecule has 1 aromatic heterocycles. The van der Waals surface area contributed by atoms with Crippen molar-refractivity contribution in [1.82, 2.24) is 14.5 Å². The number of aryl methyl sites for hydroxylation is 2. The van der Waals surface area contributed by atoms with Gasteiger partial charge in [-0.05, 0) is 56.5 Å². The lowest BCUT2D eigenvalue weighted by atomic mass is 9.92. The number of methoxy groups -OCH3 is 1. The Bertz CT molecular complexity index is 1060. The maximum atomic E-state index is 11.0. The molecule has 0 atom stereocenters. The van der Waals surface area contributed by atoms with Gasteiger partial charge in [-0.25, -0.2) is 4.98 Å². The van der Waals surface area contributed by atoms with Crippen molar-refractivity contribution >= 4 is 0 Å². The highest BCUT2D eigenvalue weighted by atomic mass is 16.5. The number of aliphatic hydroxyl groups is 1. The number of rotatable bonds is 10. The van der Waals surface area contributed by atoms with Crippen molar-refractivity contribution < 1.29 is 19.3 Å². The lowest BCUT2D eigenvalue weighted by Crippen LogP contribution is -2.47. The van der Waals surface area contributed by atoms with E-state index >= 15 is 0 Å². The quantitative estimate of drug-likeness (QED) is 0.488. The van der Waals surface area contributed by atoms with Gasteiger partial charge in [-0.3, -0.25) is 4.90 Å². The van der Waals surface area contributed by atoms with Crippen LogP contribution in [0.15, 0.2) is 54.9 Å². The van der Waals surface area contributed by atoms with Crippen LogP contribution < -0.4 is 14.2 Å². The van der Waals surface area contributed by atoms with E-state index in [0.717, 1.165) is 54.8 Å². The van der Waals surface area contributed by atoms with Crippen molar-refractivity contribution in [2.45, 2.75) is 45.4 Å². The Morgan fingerprint density at radius 2 is 1.76 bits per heavy atom. The van der Waals surface area contributed by atoms with Gasteiger partial charge in [0, 0.05) is 32.0 Å². The first-order valence-corrected chi connectivity index (χ1v) is 11.9. The molecule has 1 N–H and O–H groups in total. The van der Waals surface area contributed by atoms with Gasteiger partial charge < -0.3 is 23.9 Å². The topological polar surface area (TPSA) is 69.0 Å². The van der Waals surface area contributed by atoms with Gasteiger partial charge in [0.05, 0.1) is 13.7 Å². The average Bonchev–Trinajstić information content (AvgIpc) is 3.25. The van der Waals surface area contributed by atoms with Crippen LogP contribution in [0, 0.1) is 13.8 Å². The molecule has 3 aromatic rings. The molecule has 2 aromatic carbocycles. The van der Waals surface area contributed by atoms with E-state index in [1.165, 1.54) is 5.56 Å². The van der Waals surface area contributed by atoms with Crippen LogP contribution >= 0.6 is 0 Å². The molecule has 7 nitrogen and oxygen atoms in total. The first-order valence-electron chi connectivity index (χ1n) is 11.9. The van der Waals surface area contributed by atoms with E-state index in [0.29, 0.717) is 26.1 Å². The van der Waals surface area contributed by atoms with Gasteiger partial charge in [0.25, 0.3) is 0 Å². The van der Waals surface area contributed by atoms with Crippen LogP contribution in [-0.2, 0) is 13.1 Å². The number of imidazole rings is 1. The molecule has 0 spiro atoms. The second-order valence-corrected chi connectivity index (χ2v) is 9.10. The molecule has 0 aliphatic carbocycles. The van der Waals surface area contributed by atoms with Crippen LogP contribution in [0.2, 0.25) is 0 Å². The van der Waals surface area contributed by atoms with Crippen molar-refractivity contribution in [3.8, 4) is 17.2 Å². The molecule has 7 heteroatoms. The summed E-state index contributed by atoms with van der Waals surface area (Å²) in [5.41, 5.74) is 1.57. The van der Waals surface area contributed by atoms with E-state index in [4.69, 9.17) is 14.2 Å². The Labute approximate surface area is 201 Å². The normalized spacial score (nSPS) is 15.8. The maximum absolute atomic E-state index is 11.0. The van der Waals surface area contributed by atoms with E-state index in [-0.39, 0.29) is 0 Å². The van der Waals surface area contributed by atoms with Crippen molar-refractivity contribution in [1.29, 1.82) is 0 Å². The van der Waals surface area contributed by atoms with Gasteiger partial charge in [0.15, 0.2) is 11.5 Å². The predicted octanol–water partition coefficient (Wildman–Crippen LogP) is 3.99. The van der Waals surface area contributed by atoms with Gasteiger partial charge in [0.2, 0.25) is 0 Å². The van der Waals surface area contributed by atoms with Crippen LogP contribution in [0.3, 0.4) is 0 Å². The molecule has 0 radical (unpaired) electrons. The number of benzene rings is 2. The minimum Gasteiger partial charge on any atom is -0.493 e. The summed E-state index contributed by atoms with van der Waals surface area (Å²) in [5.74, 6) is 3.25. The molecule has 0 saturated carbocycles. The smallest absolute Gasteiger partial charge is 0.161 e. The molecular weight excluding hydrogens is 430 g/mol. The summed E-state index contributed by atoms with van der Waals surface area (Å²) in [6, 6.07) is 14.0. The number of aromatic nitrogens is 2. The summed E-state index contributed by atoms with van der Waals surface area (Å²) in [6.07, 6.45) is 5.12. The number of piperidine rings is 1. The molecule has 1 fully saturated rings. The SMILES string of the molecule is COc1cc(CN2CCC(O)(COc3ccc(C)cc3)CC2)ccc1OCCn1ccnc1C. The fourth-order valence-corrected chi connectivity index (χ4v) is 4.21. The Hall–Kier alpha value is -3.03. The highest BCUT2D eigenvalue weighted by Crippen LogP contribution is 2.30. The van der Waals surface area contributed by atoms with Crippen LogP contribution in [0.4, 0.5) is 0 Å². The summed E-state index contributed by atoms with van der Waals surface area (Å²) < 4.78 is 19.5. The van der Waals surface area contributed by atoms with Crippen molar-refractivity contribution in [3.05, 3.63) is 71.8 Å². The lowest BCUT2D eigenvalue weighted by molar-refractivity contribution is -0.0537. The fourth-order valence-electron chi connectivity index (χ4n) is 4.21.